The number of aromatic carboxylic acids is 1. The zero-order valence-electron chi connectivity index (χ0n) is 29.7. The molecule has 0 saturated carbocycles. The van der Waals surface area contributed by atoms with Gasteiger partial charge in [0.2, 0.25) is 23.6 Å². The topological polar surface area (TPSA) is 115 Å². The Kier molecular flexibility index (Phi) is 8.32. The molecule has 5 rings (SSSR count). The molecule has 2 aromatic heterocycles. The van der Waals surface area contributed by atoms with Crippen molar-refractivity contribution in [3.05, 3.63) is 82.4 Å². The molecule has 0 saturated heterocycles. The molecular weight excluding hydrogens is 588 g/mol. The van der Waals surface area contributed by atoms with E-state index in [1.807, 2.05) is 0 Å². The summed E-state index contributed by atoms with van der Waals surface area (Å²) in [5.74, 6) is -0.0156. The van der Waals surface area contributed by atoms with Crippen LogP contribution >= 0.6 is 0 Å². The summed E-state index contributed by atoms with van der Waals surface area (Å²) in [4.78, 5) is 12.2. The molecule has 0 aliphatic rings. The molecular formula is C39H46N4O4. The molecule has 47 heavy (non-hydrogen) atoms. The van der Waals surface area contributed by atoms with Crippen LogP contribution in [0.5, 0.6) is 0 Å². The lowest BCUT2D eigenvalue weighted by atomic mass is 9.79. The van der Waals surface area contributed by atoms with Gasteiger partial charge in [0.05, 0.1) is 5.56 Å². The van der Waals surface area contributed by atoms with E-state index in [9.17, 15) is 9.90 Å². The summed E-state index contributed by atoms with van der Waals surface area (Å²) in [6, 6.07) is 17.5. The Labute approximate surface area is 277 Å². The maximum absolute atomic E-state index is 12.2. The van der Waals surface area contributed by atoms with Crippen molar-refractivity contribution in [1.29, 1.82) is 0 Å². The Hall–Kier alpha value is -4.59. The predicted molar refractivity (Wildman–Crippen MR) is 186 cm³/mol. The molecule has 0 aliphatic heterocycles. The normalized spacial score (nSPS) is 12.9. The maximum Gasteiger partial charge on any atom is 0.335 e. The van der Waals surface area contributed by atoms with Gasteiger partial charge in [-0.05, 0) is 86.4 Å². The minimum absolute atomic E-state index is 0.0338. The van der Waals surface area contributed by atoms with Crippen LogP contribution in [0.1, 0.15) is 116 Å². The third-order valence-electron chi connectivity index (χ3n) is 8.35. The van der Waals surface area contributed by atoms with E-state index in [1.165, 1.54) is 12.1 Å². The van der Waals surface area contributed by atoms with Crippen LogP contribution in [0.2, 0.25) is 0 Å². The average Bonchev–Trinajstić information content (AvgIpc) is 3.66. The lowest BCUT2D eigenvalue weighted by molar-refractivity contribution is 0.0697. The average molecular weight is 635 g/mol. The van der Waals surface area contributed by atoms with E-state index in [2.05, 4.69) is 140 Å². The summed E-state index contributed by atoms with van der Waals surface area (Å²) in [5, 5.41) is 27.4. The van der Waals surface area contributed by atoms with Gasteiger partial charge >= 0.3 is 5.97 Å². The molecule has 8 heteroatoms. The van der Waals surface area contributed by atoms with Crippen LogP contribution < -0.4 is 0 Å². The van der Waals surface area contributed by atoms with Gasteiger partial charge in [-0.15, -0.1) is 20.4 Å². The van der Waals surface area contributed by atoms with Crippen LogP contribution in [-0.2, 0) is 21.7 Å². The molecule has 0 fully saturated rings. The van der Waals surface area contributed by atoms with Gasteiger partial charge < -0.3 is 13.9 Å². The summed E-state index contributed by atoms with van der Waals surface area (Å²) in [6.45, 7) is 26.1. The minimum Gasteiger partial charge on any atom is -0.478 e. The zero-order valence-corrected chi connectivity index (χ0v) is 29.7. The van der Waals surface area contributed by atoms with E-state index >= 15 is 0 Å². The zero-order chi connectivity index (χ0) is 34.7. The molecule has 8 nitrogen and oxygen atoms in total. The highest BCUT2D eigenvalue weighted by Crippen LogP contribution is 2.37. The van der Waals surface area contributed by atoms with Gasteiger partial charge in [0, 0.05) is 22.3 Å². The Balaban J connectivity index is 1.57. The van der Waals surface area contributed by atoms with Gasteiger partial charge in [-0.2, -0.15) is 0 Å². The monoisotopic (exact) mass is 634 g/mol. The van der Waals surface area contributed by atoms with Crippen molar-refractivity contribution >= 4 is 5.97 Å². The molecule has 0 radical (unpaired) electrons. The molecule has 2 heterocycles. The molecule has 3 aromatic carbocycles. The standard InChI is InChI=1S/C39H46N4O4/c1-36(2,3)27-16-24(17-28(20-27)37(4,5)6)33-42-40-31(46-33)22-13-23(15-26(14-22)35(44)45)32-41-43-34(47-32)25-18-29(38(7,8)9)21-30(19-25)39(10,11)12/h13-21H,1-12H3,(H,44,45). The van der Waals surface area contributed by atoms with Crippen molar-refractivity contribution in [1.82, 2.24) is 20.4 Å². The summed E-state index contributed by atoms with van der Waals surface area (Å²) in [6.07, 6.45) is 0. The summed E-state index contributed by atoms with van der Waals surface area (Å²) >= 11 is 0. The van der Waals surface area contributed by atoms with Crippen molar-refractivity contribution < 1.29 is 18.7 Å². The van der Waals surface area contributed by atoms with E-state index in [1.54, 1.807) is 6.07 Å². The van der Waals surface area contributed by atoms with E-state index in [0.29, 0.717) is 22.9 Å². The van der Waals surface area contributed by atoms with Gasteiger partial charge in [-0.3, -0.25) is 0 Å². The third kappa shape index (κ3) is 7.37. The first-order valence-electron chi connectivity index (χ1n) is 16.0. The lowest BCUT2D eigenvalue weighted by Gasteiger charge is -2.25. The second kappa shape index (κ2) is 11.6. The quantitative estimate of drug-likeness (QED) is 0.203. The summed E-state index contributed by atoms with van der Waals surface area (Å²) in [7, 11) is 0. The fourth-order valence-electron chi connectivity index (χ4n) is 5.15. The fraction of sp³-hybridized carbons (Fsp3) is 0.410. The van der Waals surface area contributed by atoms with Gasteiger partial charge in [-0.25, -0.2) is 4.79 Å². The molecule has 0 atom stereocenters. The van der Waals surface area contributed by atoms with Crippen LogP contribution in [-0.4, -0.2) is 31.5 Å². The van der Waals surface area contributed by atoms with E-state index in [0.717, 1.165) is 33.4 Å². The fourth-order valence-corrected chi connectivity index (χ4v) is 5.15. The predicted octanol–water partition coefficient (Wildman–Crippen LogP) is 10.0. The van der Waals surface area contributed by atoms with Crippen LogP contribution in [0.4, 0.5) is 0 Å². The largest absolute Gasteiger partial charge is 0.478 e. The number of nitrogens with zero attached hydrogens (tertiary/aromatic N) is 4. The highest BCUT2D eigenvalue weighted by atomic mass is 16.4. The first kappa shape index (κ1) is 33.8. The minimum atomic E-state index is -1.10. The van der Waals surface area contributed by atoms with Crippen molar-refractivity contribution in [2.45, 2.75) is 105 Å². The van der Waals surface area contributed by atoms with E-state index in [-0.39, 0.29) is 39.0 Å². The van der Waals surface area contributed by atoms with Crippen molar-refractivity contribution in [2.24, 2.45) is 0 Å². The molecule has 5 aromatic rings. The van der Waals surface area contributed by atoms with Gasteiger partial charge in [-0.1, -0.05) is 95.2 Å². The number of benzene rings is 3. The lowest BCUT2D eigenvalue weighted by Crippen LogP contribution is -2.16. The van der Waals surface area contributed by atoms with Crippen LogP contribution in [0.3, 0.4) is 0 Å². The number of hydrogen-bond donors (Lipinski definition) is 1. The van der Waals surface area contributed by atoms with Crippen molar-refractivity contribution in [2.75, 3.05) is 0 Å². The van der Waals surface area contributed by atoms with Gasteiger partial charge in [0.1, 0.15) is 0 Å². The number of hydrogen-bond acceptors (Lipinski definition) is 7. The number of carbonyl (C=O) groups is 1. The van der Waals surface area contributed by atoms with Crippen molar-refractivity contribution in [3.63, 3.8) is 0 Å². The molecule has 0 bridgehead atoms. The molecule has 0 unspecified atom stereocenters. The highest BCUT2D eigenvalue weighted by Gasteiger charge is 2.25. The first-order valence-corrected chi connectivity index (χ1v) is 16.0. The van der Waals surface area contributed by atoms with Crippen molar-refractivity contribution in [3.8, 4) is 45.8 Å². The molecule has 0 amide bonds. The van der Waals surface area contributed by atoms with E-state index < -0.39 is 5.97 Å². The molecule has 0 aliphatic carbocycles. The molecule has 246 valence electrons. The number of aromatic nitrogens is 4. The van der Waals surface area contributed by atoms with Crippen LogP contribution in [0.15, 0.2) is 63.4 Å². The Morgan fingerprint density at radius 3 is 0.936 bits per heavy atom. The summed E-state index contributed by atoms with van der Waals surface area (Å²) in [5.41, 5.74) is 6.80. The number of carboxylic acid groups (broad SMARTS) is 1. The SMILES string of the molecule is CC(C)(C)c1cc(-c2nnc(-c3cc(C(=O)O)cc(-c4nnc(-c5cc(C(C)(C)C)cc(C(C)(C)C)c5)o4)c3)o2)cc(C(C)(C)C)c1. The Bertz CT molecular complexity index is 1760. The highest BCUT2D eigenvalue weighted by molar-refractivity contribution is 5.91. The van der Waals surface area contributed by atoms with Crippen LogP contribution in [0.25, 0.3) is 45.8 Å². The maximum atomic E-state index is 12.2. The Morgan fingerprint density at radius 2 is 0.702 bits per heavy atom. The van der Waals surface area contributed by atoms with Gasteiger partial charge in [0.15, 0.2) is 0 Å². The molecule has 0 spiro atoms. The third-order valence-corrected chi connectivity index (χ3v) is 8.35. The van der Waals surface area contributed by atoms with E-state index in [4.69, 9.17) is 8.83 Å². The van der Waals surface area contributed by atoms with Crippen LogP contribution in [0, 0.1) is 0 Å². The second-order valence-corrected chi connectivity index (χ2v) is 16.5. The van der Waals surface area contributed by atoms with Gasteiger partial charge in [0.25, 0.3) is 0 Å². The number of rotatable bonds is 5. The first-order chi connectivity index (χ1) is 21.6. The Morgan fingerprint density at radius 1 is 0.447 bits per heavy atom. The smallest absolute Gasteiger partial charge is 0.335 e. The summed E-state index contributed by atoms with van der Waals surface area (Å²) < 4.78 is 12.4. The number of carboxylic acids is 1. The second-order valence-electron chi connectivity index (χ2n) is 16.5. The molecule has 1 N–H and O–H groups in total.